The van der Waals surface area contributed by atoms with E-state index in [1.807, 2.05) is 20.0 Å². The van der Waals surface area contributed by atoms with Gasteiger partial charge < -0.3 is 20.5 Å². The Labute approximate surface area is 192 Å². The molecule has 3 N–H and O–H groups in total. The molecule has 0 saturated carbocycles. The van der Waals surface area contributed by atoms with E-state index in [2.05, 4.69) is 30.1 Å². The van der Waals surface area contributed by atoms with Crippen molar-refractivity contribution in [2.75, 3.05) is 30.1 Å². The molecule has 176 valence electrons. The van der Waals surface area contributed by atoms with Gasteiger partial charge in [0.1, 0.15) is 5.82 Å². The highest BCUT2D eigenvalue weighted by Crippen LogP contribution is 2.27. The van der Waals surface area contributed by atoms with Crippen LogP contribution < -0.4 is 10.6 Å². The molecule has 0 bridgehead atoms. The van der Waals surface area contributed by atoms with E-state index in [0.717, 1.165) is 11.3 Å². The van der Waals surface area contributed by atoms with Crippen molar-refractivity contribution < 1.29 is 18.8 Å². The number of ether oxygens (including phenoxy) is 1. The topological polar surface area (TPSA) is 144 Å². The second-order valence-electron chi connectivity index (χ2n) is 7.27. The molecule has 1 amide bonds. The fourth-order valence-corrected chi connectivity index (χ4v) is 4.00. The Morgan fingerprint density at radius 1 is 1.30 bits per heavy atom. The number of anilines is 3. The van der Waals surface area contributed by atoms with Crippen LogP contribution in [0.15, 0.2) is 52.0 Å². The lowest BCUT2D eigenvalue weighted by Crippen LogP contribution is -2.21. The number of rotatable bonds is 8. The third kappa shape index (κ3) is 6.05. The Bertz CT molecular complexity index is 1230. The molecule has 0 aliphatic heterocycles. The minimum absolute atomic E-state index is 0.0633. The second kappa shape index (κ2) is 10.4. The lowest BCUT2D eigenvalue weighted by Gasteiger charge is -2.16. The molecule has 0 aliphatic carbocycles. The van der Waals surface area contributed by atoms with Crippen LogP contribution in [0.5, 0.6) is 0 Å². The number of aryl methyl sites for hydroxylation is 1. The Hall–Kier alpha value is -3.51. The van der Waals surface area contributed by atoms with Gasteiger partial charge in [0.25, 0.3) is 0 Å². The number of hydrogen-bond acceptors (Lipinski definition) is 9. The first-order valence-corrected chi connectivity index (χ1v) is 12.1. The Balaban J connectivity index is 1.86. The average molecular weight is 474 g/mol. The third-order valence-electron chi connectivity index (χ3n) is 4.61. The van der Waals surface area contributed by atoms with E-state index in [1.54, 1.807) is 48.3 Å². The van der Waals surface area contributed by atoms with Gasteiger partial charge in [-0.05, 0) is 44.2 Å². The summed E-state index contributed by atoms with van der Waals surface area (Å²) < 4.78 is 22.9. The summed E-state index contributed by atoms with van der Waals surface area (Å²) in [5.74, 6) is 0.869. The number of nitrogens with one attached hydrogen (secondary N) is 2. The van der Waals surface area contributed by atoms with E-state index >= 15 is 0 Å². The molecule has 0 fully saturated rings. The van der Waals surface area contributed by atoms with E-state index in [1.165, 1.54) is 6.26 Å². The maximum atomic E-state index is 12.7. The molecule has 1 unspecified atom stereocenters. The molecule has 33 heavy (non-hydrogen) atoms. The van der Waals surface area contributed by atoms with E-state index in [9.17, 15) is 14.1 Å². The van der Waals surface area contributed by atoms with Gasteiger partial charge in [-0.15, -0.1) is 4.36 Å². The molecule has 0 aliphatic rings. The fourth-order valence-electron chi connectivity index (χ4n) is 2.92. The van der Waals surface area contributed by atoms with Crippen LogP contribution in [0.1, 0.15) is 13.8 Å². The van der Waals surface area contributed by atoms with Gasteiger partial charge in [-0.25, -0.2) is 14.0 Å². The van der Waals surface area contributed by atoms with Crippen molar-refractivity contribution in [1.29, 1.82) is 0 Å². The molecule has 1 aromatic carbocycles. The average Bonchev–Trinajstić information content (AvgIpc) is 3.19. The minimum atomic E-state index is -2.93. The van der Waals surface area contributed by atoms with Crippen molar-refractivity contribution in [3.8, 4) is 11.3 Å². The summed E-state index contributed by atoms with van der Waals surface area (Å²) >= 11 is 0. The van der Waals surface area contributed by atoms with Crippen molar-refractivity contribution in [3.05, 3.63) is 42.7 Å². The summed E-state index contributed by atoms with van der Waals surface area (Å²) in [4.78, 5) is 20.9. The molecule has 0 spiro atoms. The van der Waals surface area contributed by atoms with Crippen LogP contribution in [0, 0.1) is 0 Å². The summed E-state index contributed by atoms with van der Waals surface area (Å²) in [5, 5.41) is 19.9. The molecular formula is C21H27N7O4S. The van der Waals surface area contributed by atoms with Crippen LogP contribution in [-0.2, 0) is 21.5 Å². The summed E-state index contributed by atoms with van der Waals surface area (Å²) in [6, 6.07) is 8.25. The predicted molar refractivity (Wildman–Crippen MR) is 126 cm³/mol. The largest absolute Gasteiger partial charge is 0.448 e. The summed E-state index contributed by atoms with van der Waals surface area (Å²) in [7, 11) is -1.11. The van der Waals surface area contributed by atoms with Crippen LogP contribution in [0.3, 0.4) is 0 Å². The van der Waals surface area contributed by atoms with Crippen molar-refractivity contribution >= 4 is 33.3 Å². The highest BCUT2D eigenvalue weighted by atomic mass is 32.2. The van der Waals surface area contributed by atoms with E-state index in [-0.39, 0.29) is 19.3 Å². The minimum Gasteiger partial charge on any atom is -0.448 e. The number of carbonyl (C=O) groups excluding carboxylic acids is 1. The maximum absolute atomic E-state index is 12.7. The monoisotopic (exact) mass is 473 g/mol. The number of carbonyl (C=O) groups is 1. The third-order valence-corrected chi connectivity index (χ3v) is 6.25. The number of aliphatic hydroxyl groups is 1. The summed E-state index contributed by atoms with van der Waals surface area (Å²) in [6.07, 6.45) is 3.88. The Kier molecular flexibility index (Phi) is 7.61. The van der Waals surface area contributed by atoms with Gasteiger partial charge in [-0.1, -0.05) is 0 Å². The Morgan fingerprint density at radius 3 is 2.64 bits per heavy atom. The number of nitrogens with zero attached hydrogens (tertiary/aromatic N) is 5. The Morgan fingerprint density at radius 2 is 2.03 bits per heavy atom. The number of amides is 1. The van der Waals surface area contributed by atoms with Crippen LogP contribution in [0.4, 0.5) is 22.2 Å². The van der Waals surface area contributed by atoms with E-state index in [0.29, 0.717) is 22.3 Å². The standard InChI is InChI=1S/C21H27N7O4S/c1-5-32-21(30)27-33(4,31)16-8-6-15(7-9-16)25-20-22-12-17(18-10-11-23-28(18)3)19(26-20)24-14(2)13-29/h6-12,14,29H,5,13H2,1-4H3,(H2,22,24,25,26)/t14-,33?/m1/s1. The molecule has 3 rings (SSSR count). The van der Waals surface area contributed by atoms with Crippen molar-refractivity contribution in [2.24, 2.45) is 11.4 Å². The molecule has 3 aromatic rings. The van der Waals surface area contributed by atoms with Gasteiger partial charge >= 0.3 is 6.09 Å². The number of benzene rings is 1. The van der Waals surface area contributed by atoms with E-state index < -0.39 is 15.8 Å². The van der Waals surface area contributed by atoms with Crippen LogP contribution in [0.25, 0.3) is 11.3 Å². The zero-order chi connectivity index (χ0) is 24.0. The van der Waals surface area contributed by atoms with Crippen molar-refractivity contribution in [3.63, 3.8) is 0 Å². The molecule has 11 nitrogen and oxygen atoms in total. The maximum Gasteiger partial charge on any atom is 0.442 e. The first-order chi connectivity index (χ1) is 15.7. The quantitative estimate of drug-likeness (QED) is 0.449. The number of aliphatic hydroxyl groups excluding tert-OH is 1. The number of aromatic nitrogens is 4. The predicted octanol–water partition coefficient (Wildman–Crippen LogP) is 3.03. The second-order valence-corrected chi connectivity index (χ2v) is 9.53. The normalized spacial score (nSPS) is 13.6. The van der Waals surface area contributed by atoms with Crippen LogP contribution in [-0.4, -0.2) is 60.7 Å². The molecule has 0 radical (unpaired) electrons. The molecular weight excluding hydrogens is 446 g/mol. The van der Waals surface area contributed by atoms with Gasteiger partial charge in [0.15, 0.2) is 0 Å². The highest BCUT2D eigenvalue weighted by Gasteiger charge is 2.15. The van der Waals surface area contributed by atoms with Gasteiger partial charge in [0, 0.05) is 42.3 Å². The molecule has 12 heteroatoms. The van der Waals surface area contributed by atoms with Gasteiger partial charge in [0.05, 0.1) is 34.2 Å². The van der Waals surface area contributed by atoms with Crippen LogP contribution in [0.2, 0.25) is 0 Å². The number of hydrogen-bond donors (Lipinski definition) is 3. The SMILES string of the molecule is CCOC(=O)N=S(C)(=O)c1ccc(Nc2ncc(-c3ccnn3C)c(N[C@H](C)CO)n2)cc1. The van der Waals surface area contributed by atoms with E-state index in [4.69, 9.17) is 4.74 Å². The molecule has 2 atom stereocenters. The summed E-state index contributed by atoms with van der Waals surface area (Å²) in [6.45, 7) is 3.59. The van der Waals surface area contributed by atoms with Gasteiger partial charge in [-0.2, -0.15) is 10.1 Å². The first kappa shape index (κ1) is 24.1. The first-order valence-electron chi connectivity index (χ1n) is 10.2. The van der Waals surface area contributed by atoms with Crippen molar-refractivity contribution in [1.82, 2.24) is 19.7 Å². The zero-order valence-electron chi connectivity index (χ0n) is 18.8. The van der Waals surface area contributed by atoms with Gasteiger partial charge in [-0.3, -0.25) is 4.68 Å². The van der Waals surface area contributed by atoms with Gasteiger partial charge in [0.2, 0.25) is 5.95 Å². The highest BCUT2D eigenvalue weighted by molar-refractivity contribution is 7.93. The lowest BCUT2D eigenvalue weighted by atomic mass is 10.2. The fraction of sp³-hybridized carbons (Fsp3) is 0.333. The lowest BCUT2D eigenvalue weighted by molar-refractivity contribution is 0.164. The molecule has 2 heterocycles. The summed E-state index contributed by atoms with van der Waals surface area (Å²) in [5.41, 5.74) is 2.21. The zero-order valence-corrected chi connectivity index (χ0v) is 19.7. The van der Waals surface area contributed by atoms with Crippen molar-refractivity contribution in [2.45, 2.75) is 24.8 Å². The smallest absolute Gasteiger partial charge is 0.442 e. The van der Waals surface area contributed by atoms with Crippen LogP contribution >= 0.6 is 0 Å². The molecule has 0 saturated heterocycles. The molecule has 2 aromatic heterocycles.